The van der Waals surface area contributed by atoms with Gasteiger partial charge in [-0.25, -0.2) is 0 Å². The summed E-state index contributed by atoms with van der Waals surface area (Å²) in [6.45, 7) is 5.04. The number of hydrogen-bond donors (Lipinski definition) is 1. The van der Waals surface area contributed by atoms with Crippen LogP contribution in [-0.2, 0) is 6.54 Å². The van der Waals surface area contributed by atoms with Gasteiger partial charge in [0, 0.05) is 6.04 Å². The number of hydrogen-bond acceptors (Lipinski definition) is 2. The third-order valence-electron chi connectivity index (χ3n) is 2.70. The minimum absolute atomic E-state index is 0.338. The lowest BCUT2D eigenvalue weighted by Gasteiger charge is -2.13. The van der Waals surface area contributed by atoms with E-state index < -0.39 is 0 Å². The molecule has 0 fully saturated rings. The topological polar surface area (TPSA) is 25.2 Å². The standard InChI is InChI=1S/C14H17NO/c1-11-5-3-6-13(9-11)12(2)15-10-14-7-4-8-16-14/h3-9,12,15H,10H2,1-2H3/t12-/m0/s1. The molecule has 0 saturated carbocycles. The zero-order chi connectivity index (χ0) is 11.4. The van der Waals surface area contributed by atoms with Gasteiger partial charge in [-0.3, -0.25) is 0 Å². The number of benzene rings is 1. The third kappa shape index (κ3) is 2.74. The van der Waals surface area contributed by atoms with Gasteiger partial charge in [0.05, 0.1) is 12.8 Å². The molecule has 1 aromatic heterocycles. The Morgan fingerprint density at radius 2 is 2.12 bits per heavy atom. The van der Waals surface area contributed by atoms with Crippen LogP contribution in [0, 0.1) is 6.92 Å². The van der Waals surface area contributed by atoms with Crippen molar-refractivity contribution >= 4 is 0 Å². The van der Waals surface area contributed by atoms with E-state index in [-0.39, 0.29) is 0 Å². The van der Waals surface area contributed by atoms with Gasteiger partial charge in [-0.1, -0.05) is 29.8 Å². The number of rotatable bonds is 4. The minimum Gasteiger partial charge on any atom is -0.468 e. The predicted molar refractivity (Wildman–Crippen MR) is 65.1 cm³/mol. The maximum absolute atomic E-state index is 5.28. The fourth-order valence-electron chi connectivity index (χ4n) is 1.72. The van der Waals surface area contributed by atoms with Crippen LogP contribution in [0.1, 0.15) is 29.9 Å². The molecule has 0 bridgehead atoms. The summed E-state index contributed by atoms with van der Waals surface area (Å²) in [6, 6.07) is 12.8. The molecule has 2 nitrogen and oxygen atoms in total. The molecule has 1 atom stereocenters. The van der Waals surface area contributed by atoms with Crippen molar-refractivity contribution < 1.29 is 4.42 Å². The quantitative estimate of drug-likeness (QED) is 0.845. The van der Waals surface area contributed by atoms with Gasteiger partial charge in [0.15, 0.2) is 0 Å². The molecule has 0 aliphatic heterocycles. The van der Waals surface area contributed by atoms with Crippen LogP contribution in [0.5, 0.6) is 0 Å². The molecule has 1 aromatic carbocycles. The highest BCUT2D eigenvalue weighted by atomic mass is 16.3. The van der Waals surface area contributed by atoms with Gasteiger partial charge in [0.1, 0.15) is 5.76 Å². The maximum atomic E-state index is 5.28. The first-order valence-corrected chi connectivity index (χ1v) is 5.58. The molecule has 2 heteroatoms. The molecule has 0 saturated heterocycles. The van der Waals surface area contributed by atoms with Crippen molar-refractivity contribution in [3.05, 3.63) is 59.5 Å². The third-order valence-corrected chi connectivity index (χ3v) is 2.70. The second-order valence-corrected chi connectivity index (χ2v) is 4.10. The Balaban J connectivity index is 1.95. The first-order valence-electron chi connectivity index (χ1n) is 5.58. The van der Waals surface area contributed by atoms with Crippen molar-refractivity contribution in [1.29, 1.82) is 0 Å². The van der Waals surface area contributed by atoms with E-state index >= 15 is 0 Å². The number of nitrogens with one attached hydrogen (secondary N) is 1. The van der Waals surface area contributed by atoms with Crippen molar-refractivity contribution in [2.75, 3.05) is 0 Å². The Morgan fingerprint density at radius 1 is 1.25 bits per heavy atom. The van der Waals surface area contributed by atoms with E-state index in [1.165, 1.54) is 11.1 Å². The van der Waals surface area contributed by atoms with Crippen LogP contribution in [0.4, 0.5) is 0 Å². The van der Waals surface area contributed by atoms with Gasteiger partial charge in [-0.2, -0.15) is 0 Å². The van der Waals surface area contributed by atoms with Gasteiger partial charge in [0.25, 0.3) is 0 Å². The lowest BCUT2D eigenvalue weighted by atomic mass is 10.1. The van der Waals surface area contributed by atoms with Gasteiger partial charge in [-0.15, -0.1) is 0 Å². The summed E-state index contributed by atoms with van der Waals surface area (Å²) in [6.07, 6.45) is 1.70. The normalized spacial score (nSPS) is 12.6. The lowest BCUT2D eigenvalue weighted by Crippen LogP contribution is -2.17. The van der Waals surface area contributed by atoms with Crippen LogP contribution in [0.3, 0.4) is 0 Å². The molecule has 0 aliphatic rings. The van der Waals surface area contributed by atoms with E-state index in [0.717, 1.165) is 12.3 Å². The van der Waals surface area contributed by atoms with Crippen LogP contribution < -0.4 is 5.32 Å². The Morgan fingerprint density at radius 3 is 2.81 bits per heavy atom. The summed E-state index contributed by atoms with van der Waals surface area (Å²) in [5.74, 6) is 0.972. The average molecular weight is 215 g/mol. The molecule has 0 aliphatic carbocycles. The van der Waals surface area contributed by atoms with Gasteiger partial charge < -0.3 is 9.73 Å². The summed E-state index contributed by atoms with van der Waals surface area (Å²) in [5.41, 5.74) is 2.61. The summed E-state index contributed by atoms with van der Waals surface area (Å²) in [7, 11) is 0. The second kappa shape index (κ2) is 4.99. The lowest BCUT2D eigenvalue weighted by molar-refractivity contribution is 0.460. The molecule has 2 aromatic rings. The van der Waals surface area contributed by atoms with E-state index in [1.807, 2.05) is 12.1 Å². The number of furan rings is 1. The van der Waals surface area contributed by atoms with Crippen LogP contribution in [0.15, 0.2) is 47.1 Å². The fourth-order valence-corrected chi connectivity index (χ4v) is 1.72. The first kappa shape index (κ1) is 11.0. The van der Waals surface area contributed by atoms with E-state index in [2.05, 4.69) is 43.4 Å². The average Bonchev–Trinajstić information content (AvgIpc) is 2.78. The van der Waals surface area contributed by atoms with Crippen molar-refractivity contribution in [3.8, 4) is 0 Å². The molecule has 1 heterocycles. The van der Waals surface area contributed by atoms with Crippen molar-refractivity contribution in [3.63, 3.8) is 0 Å². The van der Waals surface area contributed by atoms with Gasteiger partial charge in [-0.05, 0) is 31.5 Å². The summed E-state index contributed by atoms with van der Waals surface area (Å²) in [4.78, 5) is 0. The van der Waals surface area contributed by atoms with Crippen molar-refractivity contribution in [2.45, 2.75) is 26.4 Å². The SMILES string of the molecule is Cc1cccc([C@H](C)NCc2ccco2)c1. The zero-order valence-electron chi connectivity index (χ0n) is 9.73. The van der Waals surface area contributed by atoms with E-state index in [1.54, 1.807) is 6.26 Å². The zero-order valence-corrected chi connectivity index (χ0v) is 9.73. The summed E-state index contributed by atoms with van der Waals surface area (Å²) >= 11 is 0. The van der Waals surface area contributed by atoms with E-state index in [0.29, 0.717) is 6.04 Å². The highest BCUT2D eigenvalue weighted by molar-refractivity contribution is 5.24. The smallest absolute Gasteiger partial charge is 0.117 e. The Bertz CT molecular complexity index is 434. The molecule has 0 spiro atoms. The molecule has 16 heavy (non-hydrogen) atoms. The molecule has 0 amide bonds. The molecule has 84 valence electrons. The monoisotopic (exact) mass is 215 g/mol. The first-order chi connectivity index (χ1) is 7.75. The van der Waals surface area contributed by atoms with Crippen molar-refractivity contribution in [2.24, 2.45) is 0 Å². The Kier molecular flexibility index (Phi) is 3.42. The predicted octanol–water partition coefficient (Wildman–Crippen LogP) is 3.44. The van der Waals surface area contributed by atoms with Crippen LogP contribution >= 0.6 is 0 Å². The number of aryl methyl sites for hydroxylation is 1. The molecule has 0 radical (unpaired) electrons. The van der Waals surface area contributed by atoms with E-state index in [4.69, 9.17) is 4.42 Å². The summed E-state index contributed by atoms with van der Waals surface area (Å²) in [5, 5.41) is 3.43. The summed E-state index contributed by atoms with van der Waals surface area (Å²) < 4.78 is 5.28. The molecule has 1 N–H and O–H groups in total. The molecule has 2 rings (SSSR count). The van der Waals surface area contributed by atoms with Crippen LogP contribution in [-0.4, -0.2) is 0 Å². The van der Waals surface area contributed by atoms with Crippen LogP contribution in [0.2, 0.25) is 0 Å². The van der Waals surface area contributed by atoms with E-state index in [9.17, 15) is 0 Å². The van der Waals surface area contributed by atoms with Gasteiger partial charge >= 0.3 is 0 Å². The molecule has 0 unspecified atom stereocenters. The molecular weight excluding hydrogens is 198 g/mol. The molecular formula is C14H17NO. The van der Waals surface area contributed by atoms with Crippen molar-refractivity contribution in [1.82, 2.24) is 5.32 Å². The second-order valence-electron chi connectivity index (χ2n) is 4.10. The van der Waals surface area contributed by atoms with Crippen LogP contribution in [0.25, 0.3) is 0 Å². The highest BCUT2D eigenvalue weighted by Gasteiger charge is 2.05. The maximum Gasteiger partial charge on any atom is 0.117 e. The fraction of sp³-hybridized carbons (Fsp3) is 0.286. The largest absolute Gasteiger partial charge is 0.468 e. The minimum atomic E-state index is 0.338. The highest BCUT2D eigenvalue weighted by Crippen LogP contribution is 2.14. The Hall–Kier alpha value is -1.54. The van der Waals surface area contributed by atoms with Gasteiger partial charge in [0.2, 0.25) is 0 Å². The Labute approximate surface area is 96.3 Å².